The Morgan fingerprint density at radius 3 is 2.75 bits per heavy atom. The van der Waals surface area contributed by atoms with E-state index in [2.05, 4.69) is 29.4 Å². The number of ether oxygens (including phenoxy) is 1. The molecule has 2 rings (SSSR count). The van der Waals surface area contributed by atoms with Gasteiger partial charge in [0.1, 0.15) is 5.60 Å². The Morgan fingerprint density at radius 1 is 1.42 bits per heavy atom. The van der Waals surface area contributed by atoms with Crippen LogP contribution in [0, 0.1) is 5.92 Å². The number of rotatable bonds is 5. The number of aryl methyl sites for hydroxylation is 1. The second-order valence-corrected chi connectivity index (χ2v) is 8.14. The fourth-order valence-electron chi connectivity index (χ4n) is 3.29. The summed E-state index contributed by atoms with van der Waals surface area (Å²) in [6, 6.07) is 0. The quantitative estimate of drug-likeness (QED) is 0.881. The first-order valence-electron chi connectivity index (χ1n) is 8.58. The molecular formula is C16H30N6O2. The van der Waals surface area contributed by atoms with E-state index in [1.54, 1.807) is 4.68 Å². The first kappa shape index (κ1) is 18.6. The number of carbonyl (C=O) groups is 1. The molecule has 1 aromatic heterocycles. The summed E-state index contributed by atoms with van der Waals surface area (Å²) >= 11 is 0. The molecule has 0 unspecified atom stereocenters. The van der Waals surface area contributed by atoms with E-state index in [1.807, 2.05) is 25.7 Å². The van der Waals surface area contributed by atoms with Gasteiger partial charge in [-0.15, -0.1) is 5.10 Å². The standard InChI is InChI=1S/C16H30N6O2/c1-15(2,3)24-14(23)21-11-12(9-16(21,4)5)7-6-8-22-13(10-17)18-19-20-22/h12H,6-11,17H2,1-5H3/t12-/m0/s1. The van der Waals surface area contributed by atoms with E-state index in [4.69, 9.17) is 10.5 Å². The van der Waals surface area contributed by atoms with Crippen LogP contribution in [-0.4, -0.2) is 48.9 Å². The molecule has 1 atom stereocenters. The van der Waals surface area contributed by atoms with Crippen molar-refractivity contribution in [2.24, 2.45) is 11.7 Å². The molecule has 8 heteroatoms. The van der Waals surface area contributed by atoms with Crippen LogP contribution in [0.25, 0.3) is 0 Å². The van der Waals surface area contributed by atoms with E-state index in [0.29, 0.717) is 18.3 Å². The zero-order valence-corrected chi connectivity index (χ0v) is 15.4. The number of nitrogens with two attached hydrogens (primary N) is 1. The fourth-order valence-corrected chi connectivity index (χ4v) is 3.29. The number of carbonyl (C=O) groups excluding carboxylic acids is 1. The van der Waals surface area contributed by atoms with E-state index in [-0.39, 0.29) is 11.6 Å². The van der Waals surface area contributed by atoms with E-state index >= 15 is 0 Å². The normalized spacial score (nSPS) is 20.4. The lowest BCUT2D eigenvalue weighted by atomic mass is 9.93. The van der Waals surface area contributed by atoms with E-state index < -0.39 is 5.60 Å². The molecule has 2 heterocycles. The van der Waals surface area contributed by atoms with Crippen molar-refractivity contribution in [3.05, 3.63) is 5.82 Å². The predicted molar refractivity (Wildman–Crippen MR) is 90.1 cm³/mol. The molecule has 8 nitrogen and oxygen atoms in total. The summed E-state index contributed by atoms with van der Waals surface area (Å²) in [7, 11) is 0. The smallest absolute Gasteiger partial charge is 0.410 e. The minimum Gasteiger partial charge on any atom is -0.444 e. The Morgan fingerprint density at radius 2 is 2.12 bits per heavy atom. The molecule has 2 N–H and O–H groups in total. The average Bonchev–Trinajstić information content (AvgIpc) is 3.00. The van der Waals surface area contributed by atoms with Gasteiger partial charge in [-0.05, 0) is 70.2 Å². The van der Waals surface area contributed by atoms with Crippen LogP contribution < -0.4 is 5.73 Å². The highest BCUT2D eigenvalue weighted by atomic mass is 16.6. The summed E-state index contributed by atoms with van der Waals surface area (Å²) < 4.78 is 7.30. The highest BCUT2D eigenvalue weighted by Gasteiger charge is 2.42. The molecular weight excluding hydrogens is 308 g/mol. The van der Waals surface area contributed by atoms with Gasteiger partial charge in [0.05, 0.1) is 6.54 Å². The van der Waals surface area contributed by atoms with Crippen LogP contribution in [0.4, 0.5) is 4.79 Å². The molecule has 136 valence electrons. The van der Waals surface area contributed by atoms with Crippen LogP contribution in [0.3, 0.4) is 0 Å². The Bertz CT molecular complexity index is 563. The summed E-state index contributed by atoms with van der Waals surface area (Å²) in [4.78, 5) is 14.3. The van der Waals surface area contributed by atoms with Gasteiger partial charge in [0.2, 0.25) is 0 Å². The Hall–Kier alpha value is -1.70. The monoisotopic (exact) mass is 338 g/mol. The molecule has 24 heavy (non-hydrogen) atoms. The predicted octanol–water partition coefficient (Wildman–Crippen LogP) is 1.95. The number of hydrogen-bond donors (Lipinski definition) is 1. The highest BCUT2D eigenvalue weighted by Crippen LogP contribution is 2.36. The van der Waals surface area contributed by atoms with Crippen molar-refractivity contribution >= 4 is 6.09 Å². The van der Waals surface area contributed by atoms with Crippen LogP contribution >= 0.6 is 0 Å². The molecule has 1 aliphatic rings. The molecule has 0 aliphatic carbocycles. The maximum absolute atomic E-state index is 12.4. The minimum absolute atomic E-state index is 0.176. The first-order chi connectivity index (χ1) is 11.1. The number of tetrazole rings is 1. The van der Waals surface area contributed by atoms with E-state index in [1.165, 1.54) is 0 Å². The Balaban J connectivity index is 1.86. The molecule has 1 fully saturated rings. The number of nitrogens with zero attached hydrogens (tertiary/aromatic N) is 5. The first-order valence-corrected chi connectivity index (χ1v) is 8.58. The average molecular weight is 338 g/mol. The van der Waals surface area contributed by atoms with Gasteiger partial charge in [0.15, 0.2) is 5.82 Å². The van der Waals surface area contributed by atoms with Crippen LogP contribution in [0.5, 0.6) is 0 Å². The fraction of sp³-hybridized carbons (Fsp3) is 0.875. The molecule has 1 aliphatic heterocycles. The van der Waals surface area contributed by atoms with Crippen LogP contribution in [0.15, 0.2) is 0 Å². The maximum Gasteiger partial charge on any atom is 0.410 e. The summed E-state index contributed by atoms with van der Waals surface area (Å²) in [5.41, 5.74) is 4.96. The van der Waals surface area contributed by atoms with Crippen molar-refractivity contribution in [2.75, 3.05) is 6.54 Å². The van der Waals surface area contributed by atoms with Gasteiger partial charge in [0, 0.05) is 18.6 Å². The molecule has 0 bridgehead atoms. The third kappa shape index (κ3) is 4.66. The number of aromatic nitrogens is 4. The number of hydrogen-bond acceptors (Lipinski definition) is 6. The van der Waals surface area contributed by atoms with E-state index in [9.17, 15) is 4.79 Å². The minimum atomic E-state index is -0.468. The van der Waals surface area contributed by atoms with Crippen molar-refractivity contribution in [3.63, 3.8) is 0 Å². The van der Waals surface area contributed by atoms with Crippen molar-refractivity contribution < 1.29 is 9.53 Å². The van der Waals surface area contributed by atoms with E-state index in [0.717, 1.165) is 32.4 Å². The van der Waals surface area contributed by atoms with Gasteiger partial charge < -0.3 is 15.4 Å². The summed E-state index contributed by atoms with van der Waals surface area (Å²) in [5.74, 6) is 1.17. The SMILES string of the molecule is CC(C)(C)OC(=O)N1C[C@@H](CCCn2nnnc2CN)CC1(C)C. The Kier molecular flexibility index (Phi) is 5.47. The number of likely N-dealkylation sites (tertiary alicyclic amines) is 1. The maximum atomic E-state index is 12.4. The lowest BCUT2D eigenvalue weighted by Gasteiger charge is -2.33. The molecule has 0 radical (unpaired) electrons. The van der Waals surface area contributed by atoms with Gasteiger partial charge in [0.25, 0.3) is 0 Å². The topological polar surface area (TPSA) is 99.2 Å². The second-order valence-electron chi connectivity index (χ2n) is 8.14. The van der Waals surface area contributed by atoms with Crippen LogP contribution in [0.1, 0.15) is 59.7 Å². The Labute approximate surface area is 143 Å². The highest BCUT2D eigenvalue weighted by molar-refractivity contribution is 5.69. The van der Waals surface area contributed by atoms with Crippen LogP contribution in [0.2, 0.25) is 0 Å². The molecule has 1 saturated heterocycles. The molecule has 1 amide bonds. The lowest BCUT2D eigenvalue weighted by Crippen LogP contribution is -2.45. The number of amides is 1. The molecule has 0 saturated carbocycles. The van der Waals surface area contributed by atoms with Crippen molar-refractivity contribution in [1.82, 2.24) is 25.1 Å². The zero-order valence-electron chi connectivity index (χ0n) is 15.4. The molecule has 0 aromatic carbocycles. The molecule has 0 spiro atoms. The van der Waals surface area contributed by atoms with Gasteiger partial charge in [-0.25, -0.2) is 9.48 Å². The van der Waals surface area contributed by atoms with Crippen molar-refractivity contribution in [2.45, 2.75) is 78.1 Å². The van der Waals surface area contributed by atoms with Gasteiger partial charge in [-0.3, -0.25) is 0 Å². The second kappa shape index (κ2) is 7.04. The largest absolute Gasteiger partial charge is 0.444 e. The third-order valence-electron chi connectivity index (χ3n) is 4.34. The van der Waals surface area contributed by atoms with Gasteiger partial charge in [-0.1, -0.05) is 0 Å². The van der Waals surface area contributed by atoms with Gasteiger partial charge in [-0.2, -0.15) is 0 Å². The lowest BCUT2D eigenvalue weighted by molar-refractivity contribution is 0.0131. The summed E-state index contributed by atoms with van der Waals surface area (Å²) in [5, 5.41) is 11.5. The van der Waals surface area contributed by atoms with Crippen molar-refractivity contribution in [3.8, 4) is 0 Å². The van der Waals surface area contributed by atoms with Gasteiger partial charge >= 0.3 is 6.09 Å². The summed E-state index contributed by atoms with van der Waals surface area (Å²) in [6.45, 7) is 11.7. The van der Waals surface area contributed by atoms with Crippen LogP contribution in [-0.2, 0) is 17.8 Å². The molecule has 1 aromatic rings. The van der Waals surface area contributed by atoms with Crippen molar-refractivity contribution in [1.29, 1.82) is 0 Å². The third-order valence-corrected chi connectivity index (χ3v) is 4.34. The zero-order chi connectivity index (χ0) is 18.0. The summed E-state index contributed by atoms with van der Waals surface area (Å²) in [6.07, 6.45) is 2.74.